The summed E-state index contributed by atoms with van der Waals surface area (Å²) >= 11 is 0. The van der Waals surface area contributed by atoms with Crippen LogP contribution in [0.4, 0.5) is 16.2 Å². The van der Waals surface area contributed by atoms with Crippen molar-refractivity contribution >= 4 is 23.3 Å². The Morgan fingerprint density at radius 1 is 0.880 bits per heavy atom. The minimum Gasteiger partial charge on any atom is -0.497 e. The van der Waals surface area contributed by atoms with Gasteiger partial charge in [0.25, 0.3) is 5.91 Å². The summed E-state index contributed by atoms with van der Waals surface area (Å²) in [5, 5.41) is 7.86. The number of carbonyl (C=O) groups is 2. The molecule has 2 aromatic rings. The second-order valence-corrected chi connectivity index (χ2v) is 5.21. The van der Waals surface area contributed by atoms with Crippen LogP contribution < -0.4 is 25.4 Å². The summed E-state index contributed by atoms with van der Waals surface area (Å²) in [5.41, 5.74) is 1.23. The highest BCUT2D eigenvalue weighted by Gasteiger charge is 2.15. The molecule has 0 aliphatic heterocycles. The number of methoxy groups -OCH3 is 1. The minimum absolute atomic E-state index is 0.275. The van der Waals surface area contributed by atoms with Gasteiger partial charge in [0.05, 0.1) is 7.11 Å². The van der Waals surface area contributed by atoms with Gasteiger partial charge in [0.2, 0.25) is 0 Å². The van der Waals surface area contributed by atoms with Gasteiger partial charge in [-0.05, 0) is 55.5 Å². The number of nitrogens with one attached hydrogen (secondary N) is 3. The quantitative estimate of drug-likeness (QED) is 0.752. The van der Waals surface area contributed by atoms with Crippen molar-refractivity contribution in [3.05, 3.63) is 48.5 Å². The first-order valence-electron chi connectivity index (χ1n) is 7.72. The first-order valence-corrected chi connectivity index (χ1v) is 7.72. The molecule has 0 aliphatic rings. The molecule has 2 aromatic carbocycles. The summed E-state index contributed by atoms with van der Waals surface area (Å²) in [6.45, 7) is 1.67. The van der Waals surface area contributed by atoms with Crippen molar-refractivity contribution in [1.29, 1.82) is 0 Å². The highest BCUT2D eigenvalue weighted by molar-refractivity contribution is 5.94. The maximum Gasteiger partial charge on any atom is 0.318 e. The first-order chi connectivity index (χ1) is 12.0. The fraction of sp³-hybridized carbons (Fsp3) is 0.222. The van der Waals surface area contributed by atoms with E-state index in [1.807, 2.05) is 0 Å². The molecular weight excluding hydrogens is 322 g/mol. The molecule has 0 heterocycles. The van der Waals surface area contributed by atoms with Crippen molar-refractivity contribution in [2.75, 3.05) is 24.8 Å². The average Bonchev–Trinajstić information content (AvgIpc) is 2.63. The highest BCUT2D eigenvalue weighted by Crippen LogP contribution is 2.19. The Morgan fingerprint density at radius 2 is 1.40 bits per heavy atom. The van der Waals surface area contributed by atoms with Gasteiger partial charge >= 0.3 is 6.03 Å². The second-order valence-electron chi connectivity index (χ2n) is 5.21. The van der Waals surface area contributed by atoms with Crippen molar-refractivity contribution in [2.24, 2.45) is 0 Å². The average molecular weight is 343 g/mol. The number of hydrogen-bond acceptors (Lipinski definition) is 4. The number of ether oxygens (including phenoxy) is 2. The zero-order valence-electron chi connectivity index (χ0n) is 14.3. The number of amides is 3. The molecule has 0 aromatic heterocycles. The van der Waals surface area contributed by atoms with Gasteiger partial charge in [0.1, 0.15) is 11.5 Å². The van der Waals surface area contributed by atoms with E-state index in [0.717, 1.165) is 5.75 Å². The zero-order valence-corrected chi connectivity index (χ0v) is 14.3. The van der Waals surface area contributed by atoms with E-state index in [0.29, 0.717) is 17.1 Å². The smallest absolute Gasteiger partial charge is 0.318 e. The Labute approximate surface area is 146 Å². The molecule has 7 heteroatoms. The van der Waals surface area contributed by atoms with Gasteiger partial charge in [0, 0.05) is 18.4 Å². The molecule has 0 bridgehead atoms. The van der Waals surface area contributed by atoms with Crippen LogP contribution in [0.2, 0.25) is 0 Å². The maximum absolute atomic E-state index is 12.2. The van der Waals surface area contributed by atoms with E-state index in [9.17, 15) is 9.59 Å². The molecule has 0 spiro atoms. The molecule has 0 saturated heterocycles. The summed E-state index contributed by atoms with van der Waals surface area (Å²) in [6.07, 6.45) is -0.669. The third kappa shape index (κ3) is 5.42. The molecule has 0 aliphatic carbocycles. The number of urea groups is 1. The predicted molar refractivity (Wildman–Crippen MR) is 96.2 cm³/mol. The van der Waals surface area contributed by atoms with Gasteiger partial charge in [0.15, 0.2) is 6.10 Å². The lowest BCUT2D eigenvalue weighted by molar-refractivity contribution is -0.122. The summed E-state index contributed by atoms with van der Waals surface area (Å²) in [7, 11) is 3.12. The van der Waals surface area contributed by atoms with Crippen molar-refractivity contribution in [3.63, 3.8) is 0 Å². The lowest BCUT2D eigenvalue weighted by Gasteiger charge is -2.15. The summed E-state index contributed by atoms with van der Waals surface area (Å²) in [6, 6.07) is 13.5. The molecule has 3 N–H and O–H groups in total. The van der Waals surface area contributed by atoms with Gasteiger partial charge in [-0.25, -0.2) is 4.79 Å². The third-order valence-corrected chi connectivity index (χ3v) is 3.38. The Hall–Kier alpha value is -3.22. The Morgan fingerprint density at radius 3 is 1.92 bits per heavy atom. The number of rotatable bonds is 6. The molecule has 3 amide bonds. The van der Waals surface area contributed by atoms with Crippen LogP contribution in [0.3, 0.4) is 0 Å². The van der Waals surface area contributed by atoms with Gasteiger partial charge in [-0.1, -0.05) is 0 Å². The Balaban J connectivity index is 1.90. The standard InChI is InChI=1S/C18H21N3O4/c1-12(25-16-10-8-15(24-3)9-11-16)17(22)20-13-4-6-14(7-5-13)21-18(23)19-2/h4-12H,1-3H3,(H,20,22)(H2,19,21,23)/t12-/m1/s1. The molecule has 0 fully saturated rings. The molecule has 25 heavy (non-hydrogen) atoms. The minimum atomic E-state index is -0.669. The van der Waals surface area contributed by atoms with Gasteiger partial charge in [-0.15, -0.1) is 0 Å². The van der Waals surface area contributed by atoms with Crippen LogP contribution in [0.15, 0.2) is 48.5 Å². The van der Waals surface area contributed by atoms with E-state index in [4.69, 9.17) is 9.47 Å². The van der Waals surface area contributed by atoms with Crippen LogP contribution in [-0.2, 0) is 4.79 Å². The number of carbonyl (C=O) groups excluding carboxylic acids is 2. The van der Waals surface area contributed by atoms with Crippen molar-refractivity contribution in [1.82, 2.24) is 5.32 Å². The number of hydrogen-bond donors (Lipinski definition) is 3. The predicted octanol–water partition coefficient (Wildman–Crippen LogP) is 2.85. The molecule has 1 atom stereocenters. The Bertz CT molecular complexity index is 714. The van der Waals surface area contributed by atoms with Crippen molar-refractivity contribution in [3.8, 4) is 11.5 Å². The SMILES string of the molecule is CNC(=O)Nc1ccc(NC(=O)[C@@H](C)Oc2ccc(OC)cc2)cc1. The summed E-state index contributed by atoms with van der Waals surface area (Å²) in [4.78, 5) is 23.4. The lowest BCUT2D eigenvalue weighted by atomic mass is 10.2. The van der Waals surface area contributed by atoms with E-state index in [1.54, 1.807) is 62.6 Å². The van der Waals surface area contributed by atoms with E-state index in [-0.39, 0.29) is 11.9 Å². The van der Waals surface area contributed by atoms with Crippen LogP contribution in [0.25, 0.3) is 0 Å². The third-order valence-electron chi connectivity index (χ3n) is 3.38. The largest absolute Gasteiger partial charge is 0.497 e. The molecule has 0 saturated carbocycles. The van der Waals surface area contributed by atoms with E-state index in [2.05, 4.69) is 16.0 Å². The van der Waals surface area contributed by atoms with Crippen LogP contribution in [0.5, 0.6) is 11.5 Å². The lowest BCUT2D eigenvalue weighted by Crippen LogP contribution is -2.30. The fourth-order valence-corrected chi connectivity index (χ4v) is 1.99. The number of anilines is 2. The Kier molecular flexibility index (Phi) is 6.22. The van der Waals surface area contributed by atoms with Crippen LogP contribution in [0.1, 0.15) is 6.92 Å². The second kappa shape index (κ2) is 8.58. The molecule has 0 radical (unpaired) electrons. The summed E-state index contributed by atoms with van der Waals surface area (Å²) in [5.74, 6) is 1.02. The van der Waals surface area contributed by atoms with Crippen molar-refractivity contribution < 1.29 is 19.1 Å². The molecule has 2 rings (SSSR count). The maximum atomic E-state index is 12.2. The monoisotopic (exact) mass is 343 g/mol. The fourth-order valence-electron chi connectivity index (χ4n) is 1.99. The number of benzene rings is 2. The topological polar surface area (TPSA) is 88.7 Å². The van der Waals surface area contributed by atoms with E-state index >= 15 is 0 Å². The van der Waals surface area contributed by atoms with Crippen molar-refractivity contribution in [2.45, 2.75) is 13.0 Å². The molecular formula is C18H21N3O4. The van der Waals surface area contributed by atoms with Crippen LogP contribution in [-0.4, -0.2) is 32.2 Å². The van der Waals surface area contributed by atoms with Crippen LogP contribution in [0, 0.1) is 0 Å². The van der Waals surface area contributed by atoms with E-state index < -0.39 is 6.10 Å². The first kappa shape index (κ1) is 18.1. The molecule has 0 unspecified atom stereocenters. The van der Waals surface area contributed by atoms with Gasteiger partial charge in [-0.2, -0.15) is 0 Å². The summed E-state index contributed by atoms with van der Waals surface area (Å²) < 4.78 is 10.7. The highest BCUT2D eigenvalue weighted by atomic mass is 16.5. The van der Waals surface area contributed by atoms with Gasteiger partial charge in [-0.3, -0.25) is 4.79 Å². The molecule has 7 nitrogen and oxygen atoms in total. The van der Waals surface area contributed by atoms with E-state index in [1.165, 1.54) is 7.05 Å². The normalized spacial score (nSPS) is 11.2. The van der Waals surface area contributed by atoms with Crippen LogP contribution >= 0.6 is 0 Å². The van der Waals surface area contributed by atoms with Gasteiger partial charge < -0.3 is 25.4 Å². The zero-order chi connectivity index (χ0) is 18.2. The molecule has 132 valence electrons.